The molecule has 0 aromatic heterocycles. The standard InChI is InChI=1S/C25H23N3O5/c1-14(25(32)33-4)26-23(30)15(2)28-13-21-19(6-5-7-20(21)24(28)31)17-8-9-22-18(12-17)10-11-27(22)16(3)29/h5-9,12H,1-2,10-11,13H2,3-4H3,(H,26,30). The largest absolute Gasteiger partial charge is 0.464 e. The molecule has 0 aliphatic carbocycles. The molecule has 0 fully saturated rings. The maximum absolute atomic E-state index is 13.0. The molecule has 168 valence electrons. The van der Waals surface area contributed by atoms with Crippen molar-refractivity contribution < 1.29 is 23.9 Å². The zero-order valence-corrected chi connectivity index (χ0v) is 18.4. The van der Waals surface area contributed by atoms with Gasteiger partial charge in [0, 0.05) is 24.7 Å². The average Bonchev–Trinajstić information content (AvgIpc) is 3.38. The van der Waals surface area contributed by atoms with Crippen molar-refractivity contribution in [1.82, 2.24) is 10.2 Å². The van der Waals surface area contributed by atoms with Gasteiger partial charge in [-0.3, -0.25) is 19.3 Å². The van der Waals surface area contributed by atoms with E-state index in [0.717, 1.165) is 34.4 Å². The molecule has 2 aromatic rings. The van der Waals surface area contributed by atoms with Crippen molar-refractivity contribution in [1.29, 1.82) is 0 Å². The number of benzene rings is 2. The molecule has 4 rings (SSSR count). The van der Waals surface area contributed by atoms with Crippen LogP contribution in [0.5, 0.6) is 0 Å². The monoisotopic (exact) mass is 445 g/mol. The summed E-state index contributed by atoms with van der Waals surface area (Å²) < 4.78 is 4.52. The van der Waals surface area contributed by atoms with Crippen molar-refractivity contribution in [3.05, 3.63) is 77.6 Å². The zero-order chi connectivity index (χ0) is 23.9. The SMILES string of the molecule is C=C(NC(=O)C(=C)N1Cc2c(cccc2-c2ccc3c(c2)CCN3C(C)=O)C1=O)C(=O)OC. The van der Waals surface area contributed by atoms with Crippen molar-refractivity contribution >= 4 is 29.4 Å². The van der Waals surface area contributed by atoms with Gasteiger partial charge in [-0.25, -0.2) is 4.79 Å². The van der Waals surface area contributed by atoms with E-state index in [1.165, 1.54) is 12.0 Å². The summed E-state index contributed by atoms with van der Waals surface area (Å²) in [4.78, 5) is 51.9. The maximum Gasteiger partial charge on any atom is 0.353 e. The summed E-state index contributed by atoms with van der Waals surface area (Å²) in [7, 11) is 1.17. The number of methoxy groups -OCH3 is 1. The van der Waals surface area contributed by atoms with Crippen molar-refractivity contribution in [2.24, 2.45) is 0 Å². The van der Waals surface area contributed by atoms with Crippen LogP contribution in [0.15, 0.2) is 61.0 Å². The van der Waals surface area contributed by atoms with Gasteiger partial charge in [0.25, 0.3) is 11.8 Å². The summed E-state index contributed by atoms with van der Waals surface area (Å²) >= 11 is 0. The van der Waals surface area contributed by atoms with Gasteiger partial charge in [-0.1, -0.05) is 31.4 Å². The topological polar surface area (TPSA) is 96.0 Å². The normalized spacial score (nSPS) is 13.9. The van der Waals surface area contributed by atoms with Crippen molar-refractivity contribution in [3.63, 3.8) is 0 Å². The van der Waals surface area contributed by atoms with Gasteiger partial charge < -0.3 is 15.0 Å². The number of nitrogens with zero attached hydrogens (tertiary/aromatic N) is 2. The number of nitrogens with one attached hydrogen (secondary N) is 1. The predicted octanol–water partition coefficient (Wildman–Crippen LogP) is 2.54. The first-order chi connectivity index (χ1) is 15.7. The lowest BCUT2D eigenvalue weighted by molar-refractivity contribution is -0.137. The highest BCUT2D eigenvalue weighted by molar-refractivity contribution is 6.08. The molecule has 2 aromatic carbocycles. The van der Waals surface area contributed by atoms with Gasteiger partial charge in [-0.15, -0.1) is 0 Å². The number of esters is 1. The fraction of sp³-hybridized carbons (Fsp3) is 0.200. The van der Waals surface area contributed by atoms with E-state index in [1.54, 1.807) is 24.0 Å². The van der Waals surface area contributed by atoms with Crippen LogP contribution < -0.4 is 10.2 Å². The second-order valence-electron chi connectivity index (χ2n) is 7.86. The van der Waals surface area contributed by atoms with Gasteiger partial charge in [-0.2, -0.15) is 0 Å². The summed E-state index contributed by atoms with van der Waals surface area (Å²) in [5, 5.41) is 2.31. The van der Waals surface area contributed by atoms with E-state index in [-0.39, 0.29) is 29.8 Å². The molecule has 2 aliphatic heterocycles. The quantitative estimate of drug-likeness (QED) is 0.564. The maximum atomic E-state index is 13.0. The molecular weight excluding hydrogens is 422 g/mol. The number of hydrogen-bond acceptors (Lipinski definition) is 5. The van der Waals surface area contributed by atoms with Crippen molar-refractivity contribution in [2.75, 3.05) is 18.6 Å². The molecule has 0 atom stereocenters. The Labute approximate surface area is 191 Å². The molecule has 0 radical (unpaired) electrons. The molecule has 8 heteroatoms. The highest BCUT2D eigenvalue weighted by Gasteiger charge is 2.34. The summed E-state index contributed by atoms with van der Waals surface area (Å²) in [6.07, 6.45) is 0.768. The number of rotatable bonds is 5. The Kier molecular flexibility index (Phi) is 5.59. The van der Waals surface area contributed by atoms with Gasteiger partial charge in [0.05, 0.1) is 13.7 Å². The van der Waals surface area contributed by atoms with Crippen LogP contribution in [-0.4, -0.2) is 42.2 Å². The highest BCUT2D eigenvalue weighted by Crippen LogP contribution is 2.37. The Hall–Kier alpha value is -4.20. The van der Waals surface area contributed by atoms with Gasteiger partial charge in [0.1, 0.15) is 11.4 Å². The van der Waals surface area contributed by atoms with Crippen molar-refractivity contribution in [2.45, 2.75) is 19.9 Å². The number of carbonyl (C=O) groups is 4. The fourth-order valence-electron chi connectivity index (χ4n) is 4.22. The van der Waals surface area contributed by atoms with E-state index in [2.05, 4.69) is 23.2 Å². The molecule has 3 amide bonds. The van der Waals surface area contributed by atoms with Gasteiger partial charge in [-0.05, 0) is 46.9 Å². The first-order valence-corrected chi connectivity index (χ1v) is 10.4. The summed E-state index contributed by atoms with van der Waals surface area (Å²) in [5.41, 5.74) is 4.71. The molecule has 1 N–H and O–H groups in total. The smallest absolute Gasteiger partial charge is 0.353 e. The summed E-state index contributed by atoms with van der Waals surface area (Å²) in [5.74, 6) is -1.83. The van der Waals surface area contributed by atoms with E-state index >= 15 is 0 Å². The second kappa shape index (κ2) is 8.38. The van der Waals surface area contributed by atoms with E-state index in [9.17, 15) is 19.2 Å². The van der Waals surface area contributed by atoms with E-state index in [4.69, 9.17) is 0 Å². The van der Waals surface area contributed by atoms with Crippen LogP contribution in [-0.2, 0) is 32.1 Å². The molecule has 2 aliphatic rings. The number of fused-ring (bicyclic) bond motifs is 2. The van der Waals surface area contributed by atoms with Crippen LogP contribution in [0, 0.1) is 0 Å². The Morgan fingerprint density at radius 1 is 1.06 bits per heavy atom. The average molecular weight is 445 g/mol. The van der Waals surface area contributed by atoms with Crippen LogP contribution >= 0.6 is 0 Å². The third kappa shape index (κ3) is 3.80. The van der Waals surface area contributed by atoms with Gasteiger partial charge >= 0.3 is 5.97 Å². The molecule has 2 heterocycles. The zero-order valence-electron chi connectivity index (χ0n) is 18.4. The molecule has 8 nitrogen and oxygen atoms in total. The summed E-state index contributed by atoms with van der Waals surface area (Å²) in [6, 6.07) is 11.3. The minimum atomic E-state index is -0.783. The first kappa shape index (κ1) is 22.0. The minimum Gasteiger partial charge on any atom is -0.464 e. The molecule has 0 bridgehead atoms. The van der Waals surface area contributed by atoms with Crippen LogP contribution in [0.4, 0.5) is 5.69 Å². The Morgan fingerprint density at radius 3 is 2.48 bits per heavy atom. The first-order valence-electron chi connectivity index (χ1n) is 10.4. The highest BCUT2D eigenvalue weighted by atomic mass is 16.5. The third-order valence-corrected chi connectivity index (χ3v) is 5.92. The lowest BCUT2D eigenvalue weighted by atomic mass is 9.95. The van der Waals surface area contributed by atoms with E-state index < -0.39 is 11.9 Å². The molecule has 0 saturated heterocycles. The number of amides is 3. The number of carbonyl (C=O) groups excluding carboxylic acids is 4. The number of anilines is 1. The number of hydrogen-bond donors (Lipinski definition) is 1. The fourth-order valence-corrected chi connectivity index (χ4v) is 4.22. The second-order valence-corrected chi connectivity index (χ2v) is 7.86. The Balaban J connectivity index is 1.60. The van der Waals surface area contributed by atoms with Crippen LogP contribution in [0.3, 0.4) is 0 Å². The lowest BCUT2D eigenvalue weighted by Crippen LogP contribution is -2.36. The van der Waals surface area contributed by atoms with E-state index in [0.29, 0.717) is 12.1 Å². The minimum absolute atomic E-state index is 0.00927. The van der Waals surface area contributed by atoms with Crippen LogP contribution in [0.25, 0.3) is 11.1 Å². The van der Waals surface area contributed by atoms with E-state index in [1.807, 2.05) is 24.3 Å². The molecule has 0 saturated carbocycles. The predicted molar refractivity (Wildman–Crippen MR) is 122 cm³/mol. The Bertz CT molecular complexity index is 1250. The third-order valence-electron chi connectivity index (χ3n) is 5.92. The van der Waals surface area contributed by atoms with Gasteiger partial charge in [0.15, 0.2) is 0 Å². The van der Waals surface area contributed by atoms with Gasteiger partial charge in [0.2, 0.25) is 5.91 Å². The van der Waals surface area contributed by atoms with Crippen molar-refractivity contribution in [3.8, 4) is 11.1 Å². The molecule has 0 spiro atoms. The summed E-state index contributed by atoms with van der Waals surface area (Å²) in [6.45, 7) is 9.57. The van der Waals surface area contributed by atoms with Crippen LogP contribution in [0.1, 0.15) is 28.4 Å². The molecule has 0 unspecified atom stereocenters. The lowest BCUT2D eigenvalue weighted by Gasteiger charge is -2.18. The van der Waals surface area contributed by atoms with Crippen LogP contribution in [0.2, 0.25) is 0 Å². The molecule has 33 heavy (non-hydrogen) atoms. The molecular formula is C25H23N3O5. The Morgan fingerprint density at radius 2 is 1.79 bits per heavy atom. The number of ether oxygens (including phenoxy) is 1.